The van der Waals surface area contributed by atoms with E-state index in [0.29, 0.717) is 58.5 Å². The SMILES string of the molecule is CCOCCCN=C(Nc1ccc(C(=O)O)cc1)N1CCN(C(=O)OCC)CC1. The Morgan fingerprint density at radius 2 is 1.72 bits per heavy atom. The Labute approximate surface area is 171 Å². The maximum Gasteiger partial charge on any atom is 0.409 e. The summed E-state index contributed by atoms with van der Waals surface area (Å²) in [6.07, 6.45) is 0.513. The summed E-state index contributed by atoms with van der Waals surface area (Å²) in [5, 5.41) is 12.3. The lowest BCUT2D eigenvalue weighted by Crippen LogP contribution is -2.52. The predicted molar refractivity (Wildman–Crippen MR) is 111 cm³/mol. The van der Waals surface area contributed by atoms with Gasteiger partial charge >= 0.3 is 12.1 Å². The first kappa shape index (κ1) is 22.5. The minimum Gasteiger partial charge on any atom is -0.478 e. The van der Waals surface area contributed by atoms with Crippen LogP contribution in [0.25, 0.3) is 0 Å². The van der Waals surface area contributed by atoms with Crippen LogP contribution in [-0.4, -0.2) is 85.5 Å². The van der Waals surface area contributed by atoms with E-state index in [4.69, 9.17) is 14.6 Å². The fourth-order valence-electron chi connectivity index (χ4n) is 2.86. The summed E-state index contributed by atoms with van der Waals surface area (Å²) in [5.41, 5.74) is 0.986. The van der Waals surface area contributed by atoms with Crippen molar-refractivity contribution in [3.63, 3.8) is 0 Å². The minimum absolute atomic E-state index is 0.230. The van der Waals surface area contributed by atoms with Gasteiger partial charge in [0.15, 0.2) is 5.96 Å². The van der Waals surface area contributed by atoms with Gasteiger partial charge in [0.1, 0.15) is 0 Å². The van der Waals surface area contributed by atoms with Gasteiger partial charge in [-0.2, -0.15) is 0 Å². The second-order valence-electron chi connectivity index (χ2n) is 6.44. The maximum absolute atomic E-state index is 11.9. The zero-order chi connectivity index (χ0) is 21.1. The van der Waals surface area contributed by atoms with Crippen molar-refractivity contribution in [2.24, 2.45) is 4.99 Å². The third kappa shape index (κ3) is 7.26. The Morgan fingerprint density at radius 1 is 1.07 bits per heavy atom. The summed E-state index contributed by atoms with van der Waals surface area (Å²) in [6.45, 7) is 8.41. The molecule has 0 aromatic heterocycles. The second kappa shape index (κ2) is 11.9. The van der Waals surface area contributed by atoms with Gasteiger partial charge in [0.2, 0.25) is 0 Å². The van der Waals surface area contributed by atoms with Crippen LogP contribution >= 0.6 is 0 Å². The van der Waals surface area contributed by atoms with Crippen molar-refractivity contribution in [3.8, 4) is 0 Å². The highest BCUT2D eigenvalue weighted by Gasteiger charge is 2.24. The number of aromatic carboxylic acids is 1. The Kier molecular flexibility index (Phi) is 9.23. The van der Waals surface area contributed by atoms with Crippen LogP contribution in [0.3, 0.4) is 0 Å². The van der Waals surface area contributed by atoms with Gasteiger partial charge < -0.3 is 29.7 Å². The molecule has 2 rings (SSSR count). The number of rotatable bonds is 8. The van der Waals surface area contributed by atoms with E-state index in [9.17, 15) is 9.59 Å². The highest BCUT2D eigenvalue weighted by atomic mass is 16.6. The summed E-state index contributed by atoms with van der Waals surface area (Å²) in [5.74, 6) is -0.260. The standard InChI is InChI=1S/C20H30N4O5/c1-3-28-15-5-10-21-19(22-17-8-6-16(7-9-17)18(25)26)23-11-13-24(14-12-23)20(27)29-4-2/h6-9H,3-5,10-15H2,1-2H3,(H,21,22)(H,25,26). The first-order valence-corrected chi connectivity index (χ1v) is 9.94. The van der Waals surface area contributed by atoms with Crippen molar-refractivity contribution in [3.05, 3.63) is 29.8 Å². The van der Waals surface area contributed by atoms with Crippen LogP contribution in [0, 0.1) is 0 Å². The molecule has 1 aromatic rings. The van der Waals surface area contributed by atoms with E-state index in [1.165, 1.54) is 0 Å². The summed E-state index contributed by atoms with van der Waals surface area (Å²) < 4.78 is 10.4. The fourth-order valence-corrected chi connectivity index (χ4v) is 2.86. The molecule has 0 saturated carbocycles. The lowest BCUT2D eigenvalue weighted by molar-refractivity contribution is 0.0696. The average molecular weight is 406 g/mol. The van der Waals surface area contributed by atoms with Crippen LogP contribution < -0.4 is 5.32 Å². The molecule has 1 saturated heterocycles. The molecule has 0 radical (unpaired) electrons. The summed E-state index contributed by atoms with van der Waals surface area (Å²) in [6, 6.07) is 6.54. The molecule has 9 nitrogen and oxygen atoms in total. The first-order chi connectivity index (χ1) is 14.0. The molecule has 0 bridgehead atoms. The molecule has 1 aliphatic heterocycles. The number of carbonyl (C=O) groups excluding carboxylic acids is 1. The molecule has 1 amide bonds. The van der Waals surface area contributed by atoms with Crippen LogP contribution in [0.2, 0.25) is 0 Å². The van der Waals surface area contributed by atoms with Gasteiger partial charge in [0, 0.05) is 51.6 Å². The number of benzene rings is 1. The molecule has 9 heteroatoms. The van der Waals surface area contributed by atoms with Crippen molar-refractivity contribution in [2.75, 3.05) is 57.9 Å². The molecular weight excluding hydrogens is 376 g/mol. The van der Waals surface area contributed by atoms with E-state index < -0.39 is 5.97 Å². The molecule has 0 spiro atoms. The van der Waals surface area contributed by atoms with E-state index >= 15 is 0 Å². The number of ether oxygens (including phenoxy) is 2. The third-order valence-electron chi connectivity index (χ3n) is 4.41. The lowest BCUT2D eigenvalue weighted by atomic mass is 10.2. The van der Waals surface area contributed by atoms with Gasteiger partial charge in [-0.3, -0.25) is 4.99 Å². The molecule has 0 atom stereocenters. The van der Waals surface area contributed by atoms with Gasteiger partial charge in [0.05, 0.1) is 12.2 Å². The molecular formula is C20H30N4O5. The number of anilines is 1. The number of carboxylic acid groups (broad SMARTS) is 1. The molecule has 1 heterocycles. The number of guanidine groups is 1. The molecule has 1 aromatic carbocycles. The van der Waals surface area contributed by atoms with Gasteiger partial charge in [-0.25, -0.2) is 9.59 Å². The van der Waals surface area contributed by atoms with E-state index in [-0.39, 0.29) is 11.7 Å². The number of carbonyl (C=O) groups is 2. The molecule has 29 heavy (non-hydrogen) atoms. The van der Waals surface area contributed by atoms with Crippen LogP contribution in [0.4, 0.5) is 10.5 Å². The van der Waals surface area contributed by atoms with Crippen LogP contribution in [0.15, 0.2) is 29.3 Å². The van der Waals surface area contributed by atoms with E-state index in [2.05, 4.69) is 15.2 Å². The maximum atomic E-state index is 11.9. The highest BCUT2D eigenvalue weighted by Crippen LogP contribution is 2.12. The van der Waals surface area contributed by atoms with E-state index in [0.717, 1.165) is 12.1 Å². The Balaban J connectivity index is 2.02. The number of amides is 1. The number of hydrogen-bond acceptors (Lipinski definition) is 5. The molecule has 2 N–H and O–H groups in total. The van der Waals surface area contributed by atoms with Crippen molar-refractivity contribution in [1.82, 2.24) is 9.80 Å². The predicted octanol–water partition coefficient (Wildman–Crippen LogP) is 2.35. The zero-order valence-electron chi connectivity index (χ0n) is 17.1. The van der Waals surface area contributed by atoms with Crippen molar-refractivity contribution >= 4 is 23.7 Å². The monoisotopic (exact) mass is 406 g/mol. The van der Waals surface area contributed by atoms with Gasteiger partial charge in [0.25, 0.3) is 0 Å². The fraction of sp³-hybridized carbons (Fsp3) is 0.550. The van der Waals surface area contributed by atoms with Gasteiger partial charge in [-0.15, -0.1) is 0 Å². The van der Waals surface area contributed by atoms with E-state index in [1.54, 1.807) is 36.1 Å². The van der Waals surface area contributed by atoms with Crippen LogP contribution in [-0.2, 0) is 9.47 Å². The topological polar surface area (TPSA) is 104 Å². The number of aliphatic imine (C=N–C) groups is 1. The molecule has 160 valence electrons. The third-order valence-corrected chi connectivity index (χ3v) is 4.41. The minimum atomic E-state index is -0.962. The normalized spacial score (nSPS) is 14.6. The van der Waals surface area contributed by atoms with Crippen LogP contribution in [0.1, 0.15) is 30.6 Å². The Hall–Kier alpha value is -2.81. The zero-order valence-corrected chi connectivity index (χ0v) is 17.1. The number of carboxylic acids is 1. The van der Waals surface area contributed by atoms with Crippen molar-refractivity contribution in [1.29, 1.82) is 0 Å². The van der Waals surface area contributed by atoms with Crippen molar-refractivity contribution in [2.45, 2.75) is 20.3 Å². The number of hydrogen-bond donors (Lipinski definition) is 2. The Morgan fingerprint density at radius 3 is 2.31 bits per heavy atom. The molecule has 1 fully saturated rings. The summed E-state index contributed by atoms with van der Waals surface area (Å²) >= 11 is 0. The van der Waals surface area contributed by atoms with Gasteiger partial charge in [-0.1, -0.05) is 0 Å². The highest BCUT2D eigenvalue weighted by molar-refractivity contribution is 5.94. The quantitative estimate of drug-likeness (QED) is 0.388. The van der Waals surface area contributed by atoms with Crippen LogP contribution in [0.5, 0.6) is 0 Å². The first-order valence-electron chi connectivity index (χ1n) is 9.94. The molecule has 0 unspecified atom stereocenters. The number of nitrogens with one attached hydrogen (secondary N) is 1. The average Bonchev–Trinajstić information content (AvgIpc) is 2.73. The van der Waals surface area contributed by atoms with E-state index in [1.807, 2.05) is 6.92 Å². The van der Waals surface area contributed by atoms with Crippen molar-refractivity contribution < 1.29 is 24.2 Å². The second-order valence-corrected chi connectivity index (χ2v) is 6.44. The summed E-state index contributed by atoms with van der Waals surface area (Å²) in [7, 11) is 0. The lowest BCUT2D eigenvalue weighted by Gasteiger charge is -2.36. The molecule has 0 aliphatic carbocycles. The number of nitrogens with zero attached hydrogens (tertiary/aromatic N) is 3. The van der Waals surface area contributed by atoms with Gasteiger partial charge in [-0.05, 0) is 44.5 Å². The Bertz CT molecular complexity index is 685. The smallest absolute Gasteiger partial charge is 0.409 e. The number of piperazine rings is 1. The molecule has 1 aliphatic rings. The largest absolute Gasteiger partial charge is 0.478 e. The summed E-state index contributed by atoms with van der Waals surface area (Å²) in [4.78, 5) is 31.4.